The average molecular weight is 496 g/mol. The Morgan fingerprint density at radius 1 is 1.06 bits per heavy atom. The van der Waals surface area contributed by atoms with Crippen molar-refractivity contribution >= 4 is 15.9 Å². The zero-order valence-corrected chi connectivity index (χ0v) is 20.3. The molecule has 184 valence electrons. The summed E-state index contributed by atoms with van der Waals surface area (Å²) in [5.41, 5.74) is 2.98. The summed E-state index contributed by atoms with van der Waals surface area (Å²) in [7, 11) is -3.59. The van der Waals surface area contributed by atoms with Crippen molar-refractivity contribution in [3.8, 4) is 11.4 Å². The molecule has 1 N–H and O–H groups in total. The third-order valence-corrected chi connectivity index (χ3v) is 8.45. The first-order valence-electron chi connectivity index (χ1n) is 12.0. The number of pyridine rings is 1. The molecule has 1 aliphatic heterocycles. The van der Waals surface area contributed by atoms with Crippen molar-refractivity contribution in [3.63, 3.8) is 0 Å². The normalized spacial score (nSPS) is 17.5. The highest BCUT2D eigenvalue weighted by Gasteiger charge is 2.26. The number of carbonyl (C=O) groups excluding carboxylic acids is 1. The molecular weight excluding hydrogens is 466 g/mol. The molecule has 1 amide bonds. The van der Waals surface area contributed by atoms with Crippen LogP contribution in [0.5, 0.6) is 0 Å². The van der Waals surface area contributed by atoms with Crippen LogP contribution in [0.15, 0.2) is 59.6 Å². The van der Waals surface area contributed by atoms with Crippen LogP contribution in [-0.2, 0) is 21.3 Å². The van der Waals surface area contributed by atoms with E-state index in [1.807, 2.05) is 24.3 Å². The lowest BCUT2D eigenvalue weighted by Crippen LogP contribution is -2.40. The van der Waals surface area contributed by atoms with E-state index >= 15 is 0 Å². The lowest BCUT2D eigenvalue weighted by Gasteiger charge is -2.26. The molecule has 2 aromatic heterocycles. The monoisotopic (exact) mass is 495 g/mol. The van der Waals surface area contributed by atoms with Gasteiger partial charge < -0.3 is 10.1 Å². The second-order valence-electron chi connectivity index (χ2n) is 8.84. The maximum Gasteiger partial charge on any atom is 0.251 e. The summed E-state index contributed by atoms with van der Waals surface area (Å²) in [4.78, 5) is 17.4. The molecule has 0 unspecified atom stereocenters. The van der Waals surface area contributed by atoms with Crippen LogP contribution in [0.2, 0.25) is 0 Å². The van der Waals surface area contributed by atoms with Crippen LogP contribution in [0, 0.1) is 0 Å². The third kappa shape index (κ3) is 5.14. The van der Waals surface area contributed by atoms with E-state index in [-0.39, 0.29) is 17.3 Å². The summed E-state index contributed by atoms with van der Waals surface area (Å²) < 4.78 is 34.3. The molecule has 9 nitrogen and oxygen atoms in total. The molecule has 35 heavy (non-hydrogen) atoms. The largest absolute Gasteiger partial charge is 0.379 e. The highest BCUT2D eigenvalue weighted by Crippen LogP contribution is 2.33. The minimum Gasteiger partial charge on any atom is -0.379 e. The first-order valence-corrected chi connectivity index (χ1v) is 13.4. The minimum absolute atomic E-state index is 0.172. The van der Waals surface area contributed by atoms with Gasteiger partial charge in [0.15, 0.2) is 0 Å². The maximum atomic E-state index is 12.8. The van der Waals surface area contributed by atoms with Gasteiger partial charge in [0.05, 0.1) is 47.8 Å². The topological polar surface area (TPSA) is 106 Å². The molecule has 0 atom stereocenters. The van der Waals surface area contributed by atoms with Gasteiger partial charge in [-0.2, -0.15) is 9.40 Å². The summed E-state index contributed by atoms with van der Waals surface area (Å²) >= 11 is 0. The number of rotatable bonds is 7. The second kappa shape index (κ2) is 10.3. The number of amides is 1. The Morgan fingerprint density at radius 3 is 2.49 bits per heavy atom. The number of benzene rings is 1. The maximum absolute atomic E-state index is 12.8. The van der Waals surface area contributed by atoms with E-state index in [4.69, 9.17) is 9.84 Å². The van der Waals surface area contributed by atoms with Crippen molar-refractivity contribution in [1.82, 2.24) is 24.4 Å². The van der Waals surface area contributed by atoms with Crippen LogP contribution in [-0.4, -0.2) is 59.7 Å². The zero-order valence-electron chi connectivity index (χ0n) is 19.5. The van der Waals surface area contributed by atoms with Gasteiger partial charge in [-0.25, -0.2) is 8.42 Å². The predicted octanol–water partition coefficient (Wildman–Crippen LogP) is 3.01. The van der Waals surface area contributed by atoms with Crippen molar-refractivity contribution in [1.29, 1.82) is 0 Å². The van der Waals surface area contributed by atoms with Crippen LogP contribution >= 0.6 is 0 Å². The van der Waals surface area contributed by atoms with Gasteiger partial charge in [-0.1, -0.05) is 18.9 Å². The van der Waals surface area contributed by atoms with Gasteiger partial charge in [0.1, 0.15) is 0 Å². The number of morpholine rings is 1. The molecule has 0 bridgehead atoms. The molecule has 5 rings (SSSR count). The van der Waals surface area contributed by atoms with Crippen LogP contribution in [0.3, 0.4) is 0 Å². The molecule has 1 aromatic carbocycles. The van der Waals surface area contributed by atoms with Crippen molar-refractivity contribution in [3.05, 3.63) is 66.0 Å². The molecular formula is C25H29N5O4S. The quantitative estimate of drug-likeness (QED) is 0.540. The average Bonchev–Trinajstić information content (AvgIpc) is 3.59. The van der Waals surface area contributed by atoms with Crippen molar-refractivity contribution in [2.24, 2.45) is 0 Å². The van der Waals surface area contributed by atoms with E-state index in [9.17, 15) is 13.2 Å². The van der Waals surface area contributed by atoms with Gasteiger partial charge in [0.25, 0.3) is 5.91 Å². The summed E-state index contributed by atoms with van der Waals surface area (Å²) in [5.74, 6) is -0.282. The van der Waals surface area contributed by atoms with E-state index in [1.54, 1.807) is 18.3 Å². The Bertz CT molecular complexity index is 1260. The molecule has 3 aromatic rings. The molecule has 0 spiro atoms. The predicted molar refractivity (Wildman–Crippen MR) is 130 cm³/mol. The Morgan fingerprint density at radius 2 is 1.80 bits per heavy atom. The minimum atomic E-state index is -3.59. The number of nitrogens with one attached hydrogen (secondary N) is 1. The number of hydrogen-bond acceptors (Lipinski definition) is 6. The van der Waals surface area contributed by atoms with E-state index in [2.05, 4.69) is 15.0 Å². The van der Waals surface area contributed by atoms with Crippen LogP contribution < -0.4 is 5.32 Å². The summed E-state index contributed by atoms with van der Waals surface area (Å²) in [5, 5.41) is 7.71. The second-order valence-corrected chi connectivity index (χ2v) is 10.8. The fourth-order valence-electron chi connectivity index (χ4n) is 4.65. The Balaban J connectivity index is 1.28. The Labute approximate surface area is 205 Å². The molecule has 1 aliphatic carbocycles. The highest BCUT2D eigenvalue weighted by molar-refractivity contribution is 7.89. The van der Waals surface area contributed by atoms with Gasteiger partial charge in [-0.05, 0) is 55.3 Å². The number of sulfonamides is 1. The number of hydrogen-bond donors (Lipinski definition) is 1. The van der Waals surface area contributed by atoms with Crippen molar-refractivity contribution < 1.29 is 17.9 Å². The van der Waals surface area contributed by atoms with E-state index in [0.717, 1.165) is 29.9 Å². The Kier molecular flexibility index (Phi) is 6.94. The van der Waals surface area contributed by atoms with E-state index in [0.29, 0.717) is 37.9 Å². The molecule has 10 heteroatoms. The number of ether oxygens (including phenoxy) is 1. The SMILES string of the molecule is O=C(NCc1cc(-c2ccccn2)n(C2CCCC2)n1)c1ccc(S(=O)(=O)N2CCOCC2)cc1. The van der Waals surface area contributed by atoms with Crippen LogP contribution in [0.4, 0.5) is 0 Å². The van der Waals surface area contributed by atoms with E-state index in [1.165, 1.54) is 29.3 Å². The summed E-state index contributed by atoms with van der Waals surface area (Å²) in [6, 6.07) is 14.2. The van der Waals surface area contributed by atoms with Gasteiger partial charge in [-0.15, -0.1) is 0 Å². The van der Waals surface area contributed by atoms with Gasteiger partial charge in [0.2, 0.25) is 10.0 Å². The lowest BCUT2D eigenvalue weighted by atomic mass is 10.2. The third-order valence-electron chi connectivity index (χ3n) is 6.54. The molecule has 2 fully saturated rings. The summed E-state index contributed by atoms with van der Waals surface area (Å²) in [6.07, 6.45) is 6.33. The Hall–Kier alpha value is -3.08. The summed E-state index contributed by atoms with van der Waals surface area (Å²) in [6.45, 7) is 1.71. The molecule has 1 saturated carbocycles. The number of aromatic nitrogens is 3. The fourth-order valence-corrected chi connectivity index (χ4v) is 6.06. The van der Waals surface area contributed by atoms with Gasteiger partial charge >= 0.3 is 0 Å². The van der Waals surface area contributed by atoms with Gasteiger partial charge in [0, 0.05) is 24.8 Å². The lowest BCUT2D eigenvalue weighted by molar-refractivity contribution is 0.0730. The standard InChI is InChI=1S/C25H29N5O4S/c31-25(19-8-10-22(11-9-19)35(32,33)29-13-15-34-16-14-29)27-18-20-17-24(23-7-3-4-12-26-23)30(28-20)21-5-1-2-6-21/h3-4,7-12,17,21H,1-2,5-6,13-16,18H2,(H,27,31). The van der Waals surface area contributed by atoms with E-state index < -0.39 is 10.0 Å². The first kappa shape index (κ1) is 23.7. The fraction of sp³-hybridized carbons (Fsp3) is 0.400. The van der Waals surface area contributed by atoms with Crippen LogP contribution in [0.1, 0.15) is 47.8 Å². The smallest absolute Gasteiger partial charge is 0.251 e. The first-order chi connectivity index (χ1) is 17.0. The van der Waals surface area contributed by atoms with Crippen molar-refractivity contribution in [2.45, 2.75) is 43.2 Å². The number of carbonyl (C=O) groups is 1. The molecule has 2 aliphatic rings. The number of nitrogens with zero attached hydrogens (tertiary/aromatic N) is 4. The zero-order chi connectivity index (χ0) is 24.3. The molecule has 3 heterocycles. The highest BCUT2D eigenvalue weighted by atomic mass is 32.2. The van der Waals surface area contributed by atoms with Gasteiger partial charge in [-0.3, -0.25) is 14.5 Å². The molecule has 0 radical (unpaired) electrons. The molecule has 1 saturated heterocycles. The van der Waals surface area contributed by atoms with Crippen LogP contribution in [0.25, 0.3) is 11.4 Å². The van der Waals surface area contributed by atoms with Crippen molar-refractivity contribution in [2.75, 3.05) is 26.3 Å².